The zero-order valence-electron chi connectivity index (χ0n) is 11.9. The number of hydrogen-bond acceptors (Lipinski definition) is 3. The molecular formula is C16H16FNO3. The van der Waals surface area contributed by atoms with Gasteiger partial charge in [0.1, 0.15) is 11.6 Å². The first kappa shape index (κ1) is 15.0. The van der Waals surface area contributed by atoms with Gasteiger partial charge in [0.2, 0.25) is 5.88 Å². The van der Waals surface area contributed by atoms with Crippen molar-refractivity contribution in [2.45, 2.75) is 26.7 Å². The average molecular weight is 289 g/mol. The fourth-order valence-corrected chi connectivity index (χ4v) is 1.88. The highest BCUT2D eigenvalue weighted by Gasteiger charge is 2.10. The molecule has 0 atom stereocenters. The minimum Gasteiger partial charge on any atom is -0.478 e. The predicted octanol–water partition coefficient (Wildman–Crippen LogP) is 3.97. The largest absolute Gasteiger partial charge is 0.478 e. The molecule has 0 saturated carbocycles. The molecule has 2 rings (SSSR count). The molecule has 0 radical (unpaired) electrons. The van der Waals surface area contributed by atoms with Crippen LogP contribution in [0.3, 0.4) is 0 Å². The number of pyridine rings is 1. The fraction of sp³-hybridized carbons (Fsp3) is 0.250. The Morgan fingerprint density at radius 2 is 2.10 bits per heavy atom. The molecule has 1 heterocycles. The van der Waals surface area contributed by atoms with E-state index in [-0.39, 0.29) is 23.0 Å². The number of aromatic nitrogens is 1. The molecule has 0 aliphatic heterocycles. The van der Waals surface area contributed by atoms with Gasteiger partial charge < -0.3 is 9.84 Å². The number of halogens is 1. The lowest BCUT2D eigenvalue weighted by Gasteiger charge is -2.09. The third-order valence-electron chi connectivity index (χ3n) is 2.97. The number of nitrogens with zero attached hydrogens (tertiary/aromatic N) is 1. The van der Waals surface area contributed by atoms with E-state index in [0.29, 0.717) is 17.7 Å². The Morgan fingerprint density at radius 1 is 1.33 bits per heavy atom. The second-order valence-corrected chi connectivity index (χ2v) is 4.75. The Bertz CT molecular complexity index is 671. The van der Waals surface area contributed by atoms with Crippen molar-refractivity contribution in [2.24, 2.45) is 0 Å². The van der Waals surface area contributed by atoms with Crippen LogP contribution in [0.5, 0.6) is 11.6 Å². The Hall–Kier alpha value is -2.43. The van der Waals surface area contributed by atoms with Crippen molar-refractivity contribution >= 4 is 5.97 Å². The number of ether oxygens (including phenoxy) is 1. The van der Waals surface area contributed by atoms with E-state index in [1.54, 1.807) is 19.1 Å². The Balaban J connectivity index is 2.33. The van der Waals surface area contributed by atoms with Crippen molar-refractivity contribution in [2.75, 3.05) is 0 Å². The summed E-state index contributed by atoms with van der Waals surface area (Å²) < 4.78 is 19.0. The molecule has 0 aliphatic rings. The minimum atomic E-state index is -1.05. The van der Waals surface area contributed by atoms with Crippen LogP contribution in [-0.4, -0.2) is 16.1 Å². The smallest absolute Gasteiger partial charge is 0.335 e. The number of carboxylic acids is 1. The molecule has 4 nitrogen and oxygen atoms in total. The number of rotatable bonds is 5. The monoisotopic (exact) mass is 289 g/mol. The topological polar surface area (TPSA) is 59.4 Å². The molecule has 0 amide bonds. The summed E-state index contributed by atoms with van der Waals surface area (Å²) in [5.74, 6) is -0.984. The van der Waals surface area contributed by atoms with Gasteiger partial charge in [-0.15, -0.1) is 0 Å². The Kier molecular flexibility index (Phi) is 4.52. The lowest BCUT2D eigenvalue weighted by atomic mass is 10.1. The molecule has 0 spiro atoms. The molecule has 0 bridgehead atoms. The summed E-state index contributed by atoms with van der Waals surface area (Å²) in [6.07, 6.45) is 1.49. The van der Waals surface area contributed by atoms with Gasteiger partial charge >= 0.3 is 5.97 Å². The number of benzene rings is 1. The highest BCUT2D eigenvalue weighted by molar-refractivity contribution is 5.88. The molecule has 0 unspecified atom stereocenters. The molecule has 0 saturated heterocycles. The zero-order valence-corrected chi connectivity index (χ0v) is 11.9. The van der Waals surface area contributed by atoms with Crippen LogP contribution in [0.2, 0.25) is 0 Å². The quantitative estimate of drug-likeness (QED) is 0.904. The van der Waals surface area contributed by atoms with Crippen LogP contribution < -0.4 is 4.74 Å². The van der Waals surface area contributed by atoms with Crippen LogP contribution >= 0.6 is 0 Å². The summed E-state index contributed by atoms with van der Waals surface area (Å²) in [7, 11) is 0. The molecular weight excluding hydrogens is 273 g/mol. The summed E-state index contributed by atoms with van der Waals surface area (Å²) in [5.41, 5.74) is 1.26. The first-order valence-electron chi connectivity index (χ1n) is 6.68. The molecule has 5 heteroatoms. The van der Waals surface area contributed by atoms with E-state index in [1.165, 1.54) is 18.2 Å². The summed E-state index contributed by atoms with van der Waals surface area (Å²) in [6, 6.07) is 7.32. The number of aromatic carboxylic acids is 1. The average Bonchev–Trinajstić information content (AvgIpc) is 2.43. The van der Waals surface area contributed by atoms with E-state index in [4.69, 9.17) is 9.84 Å². The SMILES string of the molecule is CCCc1cc(C(=O)O)cc(Oc2ccc(C)c(F)c2)n1. The first-order chi connectivity index (χ1) is 9.99. The lowest BCUT2D eigenvalue weighted by Crippen LogP contribution is -2.02. The van der Waals surface area contributed by atoms with Crippen molar-refractivity contribution < 1.29 is 19.0 Å². The molecule has 21 heavy (non-hydrogen) atoms. The maximum absolute atomic E-state index is 13.5. The van der Waals surface area contributed by atoms with Gasteiger partial charge in [-0.1, -0.05) is 19.4 Å². The second-order valence-electron chi connectivity index (χ2n) is 4.75. The number of carboxylic acid groups (broad SMARTS) is 1. The van der Waals surface area contributed by atoms with Crippen LogP contribution in [0, 0.1) is 12.7 Å². The summed E-state index contributed by atoms with van der Waals surface area (Å²) in [5, 5.41) is 9.11. The lowest BCUT2D eigenvalue weighted by molar-refractivity contribution is 0.0696. The van der Waals surface area contributed by atoms with Gasteiger partial charge in [0, 0.05) is 17.8 Å². The maximum atomic E-state index is 13.5. The molecule has 0 fully saturated rings. The van der Waals surface area contributed by atoms with E-state index in [1.807, 2.05) is 6.92 Å². The van der Waals surface area contributed by atoms with Gasteiger partial charge in [-0.2, -0.15) is 0 Å². The highest BCUT2D eigenvalue weighted by Crippen LogP contribution is 2.23. The van der Waals surface area contributed by atoms with Gasteiger partial charge in [-0.25, -0.2) is 14.2 Å². The van der Waals surface area contributed by atoms with E-state index < -0.39 is 5.97 Å². The van der Waals surface area contributed by atoms with Crippen molar-refractivity contribution in [3.8, 4) is 11.6 Å². The van der Waals surface area contributed by atoms with Crippen molar-refractivity contribution in [1.82, 2.24) is 4.98 Å². The van der Waals surface area contributed by atoms with Crippen LogP contribution in [0.25, 0.3) is 0 Å². The van der Waals surface area contributed by atoms with E-state index in [2.05, 4.69) is 4.98 Å². The molecule has 1 aromatic heterocycles. The van der Waals surface area contributed by atoms with Crippen molar-refractivity contribution in [1.29, 1.82) is 0 Å². The maximum Gasteiger partial charge on any atom is 0.335 e. The van der Waals surface area contributed by atoms with Crippen molar-refractivity contribution in [3.63, 3.8) is 0 Å². The number of hydrogen-bond donors (Lipinski definition) is 1. The standard InChI is InChI=1S/C16H16FNO3/c1-3-4-12-7-11(16(19)20)8-15(18-12)21-13-6-5-10(2)14(17)9-13/h5-9H,3-4H2,1-2H3,(H,19,20). The van der Waals surface area contributed by atoms with Gasteiger partial charge in [0.05, 0.1) is 5.56 Å². The molecule has 1 N–H and O–H groups in total. The van der Waals surface area contributed by atoms with Crippen LogP contribution in [0.15, 0.2) is 30.3 Å². The fourth-order valence-electron chi connectivity index (χ4n) is 1.88. The highest BCUT2D eigenvalue weighted by atomic mass is 19.1. The normalized spacial score (nSPS) is 10.4. The summed E-state index contributed by atoms with van der Waals surface area (Å²) in [6.45, 7) is 3.63. The van der Waals surface area contributed by atoms with Gasteiger partial charge in [0.15, 0.2) is 0 Å². The Labute approximate surface area is 122 Å². The minimum absolute atomic E-state index is 0.107. The molecule has 0 aliphatic carbocycles. The molecule has 110 valence electrons. The van der Waals surface area contributed by atoms with Gasteiger partial charge in [-0.05, 0) is 31.0 Å². The zero-order chi connectivity index (χ0) is 15.4. The van der Waals surface area contributed by atoms with Crippen LogP contribution in [-0.2, 0) is 6.42 Å². The predicted molar refractivity (Wildman–Crippen MR) is 76.4 cm³/mol. The van der Waals surface area contributed by atoms with E-state index in [0.717, 1.165) is 6.42 Å². The second kappa shape index (κ2) is 6.35. The summed E-state index contributed by atoms with van der Waals surface area (Å²) in [4.78, 5) is 15.4. The number of aryl methyl sites for hydroxylation is 2. The van der Waals surface area contributed by atoms with Crippen LogP contribution in [0.1, 0.15) is 35.0 Å². The summed E-state index contributed by atoms with van der Waals surface area (Å²) >= 11 is 0. The van der Waals surface area contributed by atoms with Gasteiger partial charge in [0.25, 0.3) is 0 Å². The third kappa shape index (κ3) is 3.78. The number of carbonyl (C=O) groups is 1. The van der Waals surface area contributed by atoms with E-state index in [9.17, 15) is 9.18 Å². The van der Waals surface area contributed by atoms with Crippen LogP contribution in [0.4, 0.5) is 4.39 Å². The Morgan fingerprint density at radius 3 is 2.71 bits per heavy atom. The first-order valence-corrected chi connectivity index (χ1v) is 6.68. The van der Waals surface area contributed by atoms with E-state index >= 15 is 0 Å². The van der Waals surface area contributed by atoms with Crippen molar-refractivity contribution in [3.05, 3.63) is 53.0 Å². The molecule has 2 aromatic rings. The van der Waals surface area contributed by atoms with Gasteiger partial charge in [-0.3, -0.25) is 0 Å². The third-order valence-corrected chi connectivity index (χ3v) is 2.97. The molecule has 1 aromatic carbocycles.